The zero-order valence-corrected chi connectivity index (χ0v) is 14.7. The van der Waals surface area contributed by atoms with Gasteiger partial charge in [0.2, 0.25) is 0 Å². The molecule has 1 aliphatic heterocycles. The number of para-hydroxylation sites is 2. The number of hydrogen-bond donors (Lipinski definition) is 2. The summed E-state index contributed by atoms with van der Waals surface area (Å²) in [6.45, 7) is 0.702. The topological polar surface area (TPSA) is 85.2 Å². The number of nitrogens with zero attached hydrogens (tertiary/aromatic N) is 2. The summed E-state index contributed by atoms with van der Waals surface area (Å²) >= 11 is 0. The zero-order chi connectivity index (χ0) is 18.1. The van der Waals surface area contributed by atoms with Gasteiger partial charge in [-0.1, -0.05) is 12.1 Å². The van der Waals surface area contributed by atoms with E-state index < -0.39 is 0 Å². The largest absolute Gasteiger partial charge is 0.495 e. The van der Waals surface area contributed by atoms with Crippen molar-refractivity contribution < 1.29 is 14.3 Å². The number of rotatable bonds is 5. The lowest BCUT2D eigenvalue weighted by Crippen LogP contribution is -2.27. The van der Waals surface area contributed by atoms with Crippen LogP contribution in [0.2, 0.25) is 0 Å². The van der Waals surface area contributed by atoms with Crippen LogP contribution in [0.3, 0.4) is 0 Å². The second-order valence-corrected chi connectivity index (χ2v) is 6.74. The molecule has 2 aromatic rings. The predicted octanol–water partition coefficient (Wildman–Crippen LogP) is 2.37. The minimum atomic E-state index is -0.330. The average molecular weight is 354 g/mol. The lowest BCUT2D eigenvalue weighted by atomic mass is 10.1. The number of imidazole rings is 1. The van der Waals surface area contributed by atoms with E-state index in [-0.39, 0.29) is 23.7 Å². The summed E-state index contributed by atoms with van der Waals surface area (Å²) in [5.74, 6) is 0.363. The second-order valence-electron chi connectivity index (χ2n) is 6.74. The molecular weight excluding hydrogens is 332 g/mol. The fourth-order valence-corrected chi connectivity index (χ4v) is 3.31. The Bertz CT molecular complexity index is 854. The lowest BCUT2D eigenvalue weighted by molar-refractivity contribution is 0.0945. The van der Waals surface area contributed by atoms with Gasteiger partial charge in [-0.15, -0.1) is 0 Å². The maximum absolute atomic E-state index is 12.8. The molecule has 1 aromatic heterocycles. The third-order valence-corrected chi connectivity index (χ3v) is 4.80. The highest BCUT2D eigenvalue weighted by atomic mass is 16.5. The highest BCUT2D eigenvalue weighted by molar-refractivity contribution is 6.04. The van der Waals surface area contributed by atoms with Crippen LogP contribution in [0.1, 0.15) is 52.5 Å². The van der Waals surface area contributed by atoms with Crippen molar-refractivity contribution in [3.8, 4) is 5.75 Å². The molecule has 0 unspecified atom stereocenters. The number of benzene rings is 1. The molecule has 1 aromatic carbocycles. The summed E-state index contributed by atoms with van der Waals surface area (Å²) < 4.78 is 7.17. The summed E-state index contributed by atoms with van der Waals surface area (Å²) in [5.41, 5.74) is 1.83. The molecular formula is C19H22N4O3. The van der Waals surface area contributed by atoms with Crippen molar-refractivity contribution in [1.29, 1.82) is 0 Å². The van der Waals surface area contributed by atoms with Crippen molar-refractivity contribution >= 4 is 17.5 Å². The summed E-state index contributed by atoms with van der Waals surface area (Å²) in [4.78, 5) is 29.8. The van der Waals surface area contributed by atoms with E-state index in [4.69, 9.17) is 4.74 Å². The smallest absolute Gasteiger partial charge is 0.291 e. The van der Waals surface area contributed by atoms with Crippen molar-refractivity contribution in [3.05, 3.63) is 41.5 Å². The third kappa shape index (κ3) is 3.16. The van der Waals surface area contributed by atoms with Gasteiger partial charge in [0.15, 0.2) is 5.82 Å². The minimum Gasteiger partial charge on any atom is -0.495 e. The molecule has 1 saturated carbocycles. The normalized spacial score (nSPS) is 15.9. The Balaban J connectivity index is 1.63. The highest BCUT2D eigenvalue weighted by Gasteiger charge is 2.30. The van der Waals surface area contributed by atoms with Gasteiger partial charge >= 0.3 is 0 Å². The van der Waals surface area contributed by atoms with Crippen molar-refractivity contribution in [2.24, 2.45) is 0 Å². The fraction of sp³-hybridized carbons (Fsp3) is 0.421. The van der Waals surface area contributed by atoms with Gasteiger partial charge in [0.05, 0.1) is 18.5 Å². The van der Waals surface area contributed by atoms with Gasteiger partial charge in [0.1, 0.15) is 11.4 Å². The van der Waals surface area contributed by atoms with Crippen molar-refractivity contribution in [1.82, 2.24) is 14.9 Å². The highest BCUT2D eigenvalue weighted by Crippen LogP contribution is 2.26. The number of methoxy groups -OCH3 is 1. The number of fused-ring (bicyclic) bond motifs is 1. The van der Waals surface area contributed by atoms with E-state index in [0.29, 0.717) is 23.7 Å². The van der Waals surface area contributed by atoms with E-state index in [0.717, 1.165) is 37.8 Å². The Morgan fingerprint density at radius 2 is 2.00 bits per heavy atom. The lowest BCUT2D eigenvalue weighted by Gasteiger charge is -2.17. The van der Waals surface area contributed by atoms with E-state index in [2.05, 4.69) is 15.6 Å². The monoisotopic (exact) mass is 354 g/mol. The first-order chi connectivity index (χ1) is 12.7. The van der Waals surface area contributed by atoms with E-state index >= 15 is 0 Å². The molecule has 4 rings (SSSR count). The van der Waals surface area contributed by atoms with E-state index in [9.17, 15) is 9.59 Å². The van der Waals surface area contributed by atoms with Gasteiger partial charge in [-0.05, 0) is 44.2 Å². The van der Waals surface area contributed by atoms with Crippen LogP contribution >= 0.6 is 0 Å². The number of anilines is 1. The third-order valence-electron chi connectivity index (χ3n) is 4.80. The van der Waals surface area contributed by atoms with Crippen LogP contribution in [0.15, 0.2) is 24.3 Å². The number of amides is 2. The standard InChI is InChI=1S/C19H22N4O3/c1-26-15-8-3-2-6-13(15)21-19(25)17-22-16(18(24)20-12-9-10-12)14-7-4-5-11-23(14)17/h2-3,6,8,12H,4-5,7,9-11H2,1H3,(H,20,24)(H,21,25). The van der Waals surface area contributed by atoms with Crippen LogP contribution in [-0.2, 0) is 13.0 Å². The molecule has 0 spiro atoms. The first kappa shape index (κ1) is 16.6. The van der Waals surface area contributed by atoms with E-state index in [1.54, 1.807) is 19.2 Å². The molecule has 1 fully saturated rings. The number of carbonyl (C=O) groups is 2. The Hall–Kier alpha value is -2.83. The molecule has 1 aliphatic carbocycles. The van der Waals surface area contributed by atoms with Crippen LogP contribution < -0.4 is 15.4 Å². The molecule has 2 amide bonds. The quantitative estimate of drug-likeness (QED) is 0.863. The van der Waals surface area contributed by atoms with Gasteiger partial charge in [0.25, 0.3) is 11.8 Å². The average Bonchev–Trinajstić information content (AvgIpc) is 3.38. The first-order valence-corrected chi connectivity index (χ1v) is 9.02. The van der Waals surface area contributed by atoms with Gasteiger partial charge in [-0.3, -0.25) is 9.59 Å². The Kier molecular flexibility index (Phi) is 4.36. The molecule has 0 bridgehead atoms. The number of nitrogens with one attached hydrogen (secondary N) is 2. The van der Waals surface area contributed by atoms with Crippen molar-refractivity contribution in [2.45, 2.75) is 44.7 Å². The fourth-order valence-electron chi connectivity index (χ4n) is 3.31. The van der Waals surface area contributed by atoms with Crippen LogP contribution in [0.25, 0.3) is 0 Å². The van der Waals surface area contributed by atoms with Gasteiger partial charge in [0, 0.05) is 12.6 Å². The number of aromatic nitrogens is 2. The van der Waals surface area contributed by atoms with Crippen LogP contribution in [0.5, 0.6) is 5.75 Å². The first-order valence-electron chi connectivity index (χ1n) is 9.02. The SMILES string of the molecule is COc1ccccc1NC(=O)c1nc(C(=O)NC2CC2)c2n1CCCC2. The van der Waals surface area contributed by atoms with Crippen LogP contribution in [0.4, 0.5) is 5.69 Å². The molecule has 7 nitrogen and oxygen atoms in total. The number of ether oxygens (including phenoxy) is 1. The second kappa shape index (κ2) is 6.82. The number of hydrogen-bond acceptors (Lipinski definition) is 4. The molecule has 2 heterocycles. The van der Waals surface area contributed by atoms with Gasteiger partial charge < -0.3 is 19.9 Å². The Morgan fingerprint density at radius 3 is 2.77 bits per heavy atom. The van der Waals surface area contributed by atoms with E-state index in [1.165, 1.54) is 0 Å². The summed E-state index contributed by atoms with van der Waals surface area (Å²) in [5, 5.41) is 5.83. The van der Waals surface area contributed by atoms with Crippen molar-refractivity contribution in [2.75, 3.05) is 12.4 Å². The molecule has 2 N–H and O–H groups in total. The van der Waals surface area contributed by atoms with Crippen molar-refractivity contribution in [3.63, 3.8) is 0 Å². The van der Waals surface area contributed by atoms with Crippen LogP contribution in [0, 0.1) is 0 Å². The molecule has 0 atom stereocenters. The Morgan fingerprint density at radius 1 is 1.19 bits per heavy atom. The molecule has 2 aliphatic rings. The summed E-state index contributed by atoms with van der Waals surface area (Å²) in [7, 11) is 1.56. The van der Waals surface area contributed by atoms with E-state index in [1.807, 2.05) is 16.7 Å². The maximum atomic E-state index is 12.8. The number of carbonyl (C=O) groups excluding carboxylic acids is 2. The molecule has 7 heteroatoms. The van der Waals surface area contributed by atoms with Crippen LogP contribution in [-0.4, -0.2) is 34.5 Å². The molecule has 136 valence electrons. The molecule has 26 heavy (non-hydrogen) atoms. The summed E-state index contributed by atoms with van der Waals surface area (Å²) in [6.07, 6.45) is 4.78. The predicted molar refractivity (Wildman–Crippen MR) is 96.6 cm³/mol. The van der Waals surface area contributed by atoms with Gasteiger partial charge in [-0.2, -0.15) is 0 Å². The molecule has 0 radical (unpaired) electrons. The zero-order valence-electron chi connectivity index (χ0n) is 14.7. The summed E-state index contributed by atoms with van der Waals surface area (Å²) in [6, 6.07) is 7.48. The molecule has 0 saturated heterocycles. The maximum Gasteiger partial charge on any atom is 0.291 e. The minimum absolute atomic E-state index is 0.172. The van der Waals surface area contributed by atoms with Gasteiger partial charge in [-0.25, -0.2) is 4.98 Å². The Labute approximate surface area is 151 Å².